The molecular formula is C11H10N2O2. The molecule has 15 heavy (non-hydrogen) atoms. The number of carboxylic acid groups (broad SMARTS) is 1. The van der Waals surface area contributed by atoms with E-state index in [1.165, 1.54) is 6.20 Å². The van der Waals surface area contributed by atoms with E-state index in [1.807, 2.05) is 18.3 Å². The fourth-order valence-corrected chi connectivity index (χ4v) is 1.99. The van der Waals surface area contributed by atoms with Crippen LogP contribution in [0.15, 0.2) is 24.5 Å². The van der Waals surface area contributed by atoms with Crippen LogP contribution in [0.4, 0.5) is 0 Å². The van der Waals surface area contributed by atoms with Crippen molar-refractivity contribution in [2.24, 2.45) is 0 Å². The van der Waals surface area contributed by atoms with E-state index < -0.39 is 5.97 Å². The molecule has 4 nitrogen and oxygen atoms in total. The molecule has 1 saturated carbocycles. The van der Waals surface area contributed by atoms with Gasteiger partial charge in [-0.3, -0.25) is 0 Å². The fraction of sp³-hybridized carbons (Fsp3) is 0.273. The Bertz CT molecular complexity index is 541. The molecule has 1 N–H and O–H groups in total. The largest absolute Gasteiger partial charge is 0.478 e. The Labute approximate surface area is 86.1 Å². The maximum Gasteiger partial charge on any atom is 0.337 e. The molecule has 2 aromatic rings. The molecule has 4 heteroatoms. The highest BCUT2D eigenvalue weighted by Gasteiger charge is 2.30. The molecule has 0 atom stereocenters. The van der Waals surface area contributed by atoms with Crippen molar-refractivity contribution in [3.63, 3.8) is 0 Å². The van der Waals surface area contributed by atoms with Gasteiger partial charge in [-0.25, -0.2) is 9.31 Å². The highest BCUT2D eigenvalue weighted by atomic mass is 16.4. The normalized spacial score (nSPS) is 15.7. The summed E-state index contributed by atoms with van der Waals surface area (Å²) in [6.07, 6.45) is 5.46. The maximum atomic E-state index is 11.1. The third-order valence-corrected chi connectivity index (χ3v) is 2.82. The van der Waals surface area contributed by atoms with Crippen molar-refractivity contribution in [1.29, 1.82) is 0 Å². The molecule has 3 rings (SSSR count). The molecule has 0 unspecified atom stereocenters. The summed E-state index contributed by atoms with van der Waals surface area (Å²) in [4.78, 5) is 11.1. The Morgan fingerprint density at radius 1 is 1.53 bits per heavy atom. The van der Waals surface area contributed by atoms with Crippen LogP contribution in [0.1, 0.15) is 34.7 Å². The molecule has 2 aromatic heterocycles. The van der Waals surface area contributed by atoms with Gasteiger partial charge in [0.15, 0.2) is 0 Å². The zero-order chi connectivity index (χ0) is 10.4. The van der Waals surface area contributed by atoms with Gasteiger partial charge in [-0.2, -0.15) is 5.10 Å². The molecule has 0 saturated heterocycles. The Hall–Kier alpha value is -1.84. The van der Waals surface area contributed by atoms with E-state index in [9.17, 15) is 4.79 Å². The molecule has 1 aliphatic rings. The summed E-state index contributed by atoms with van der Waals surface area (Å²) in [5, 5.41) is 13.2. The predicted molar refractivity (Wildman–Crippen MR) is 54.1 cm³/mol. The summed E-state index contributed by atoms with van der Waals surface area (Å²) in [6, 6.07) is 3.81. The Balaban J connectivity index is 2.34. The van der Waals surface area contributed by atoms with E-state index in [-0.39, 0.29) is 0 Å². The molecule has 2 heterocycles. The van der Waals surface area contributed by atoms with E-state index in [1.54, 1.807) is 4.52 Å². The SMILES string of the molecule is O=C(O)c1cnn2cccc2c1C1CC1. The quantitative estimate of drug-likeness (QED) is 0.809. The van der Waals surface area contributed by atoms with E-state index in [4.69, 9.17) is 5.11 Å². The minimum atomic E-state index is -0.881. The molecule has 76 valence electrons. The van der Waals surface area contributed by atoms with Gasteiger partial charge in [0, 0.05) is 6.20 Å². The van der Waals surface area contributed by atoms with Gasteiger partial charge in [0.2, 0.25) is 0 Å². The van der Waals surface area contributed by atoms with Crippen LogP contribution in [0.5, 0.6) is 0 Å². The van der Waals surface area contributed by atoms with Gasteiger partial charge < -0.3 is 5.11 Å². The maximum absolute atomic E-state index is 11.1. The van der Waals surface area contributed by atoms with Crippen LogP contribution in [0.25, 0.3) is 5.52 Å². The number of aromatic carboxylic acids is 1. The first-order chi connectivity index (χ1) is 7.27. The highest BCUT2D eigenvalue weighted by Crippen LogP contribution is 2.43. The predicted octanol–water partition coefficient (Wildman–Crippen LogP) is 1.91. The Morgan fingerprint density at radius 3 is 3.00 bits per heavy atom. The van der Waals surface area contributed by atoms with Gasteiger partial charge in [0.05, 0.1) is 17.3 Å². The van der Waals surface area contributed by atoms with Crippen LogP contribution in [0, 0.1) is 0 Å². The Morgan fingerprint density at radius 2 is 2.33 bits per heavy atom. The summed E-state index contributed by atoms with van der Waals surface area (Å²) in [6.45, 7) is 0. The number of carboxylic acids is 1. The van der Waals surface area contributed by atoms with E-state index in [0.29, 0.717) is 11.5 Å². The molecule has 1 aliphatic carbocycles. The lowest BCUT2D eigenvalue weighted by Crippen LogP contribution is -2.06. The van der Waals surface area contributed by atoms with E-state index in [0.717, 1.165) is 23.9 Å². The first kappa shape index (κ1) is 8.47. The zero-order valence-corrected chi connectivity index (χ0v) is 8.05. The van der Waals surface area contributed by atoms with Crippen LogP contribution in [0.2, 0.25) is 0 Å². The first-order valence-corrected chi connectivity index (χ1v) is 4.97. The van der Waals surface area contributed by atoms with Crippen molar-refractivity contribution in [2.75, 3.05) is 0 Å². The van der Waals surface area contributed by atoms with Crippen molar-refractivity contribution in [2.45, 2.75) is 18.8 Å². The lowest BCUT2D eigenvalue weighted by Gasteiger charge is -2.06. The molecule has 0 spiro atoms. The number of rotatable bonds is 2. The zero-order valence-electron chi connectivity index (χ0n) is 8.05. The molecule has 1 fully saturated rings. The Kier molecular flexibility index (Phi) is 1.59. The number of hydrogen-bond acceptors (Lipinski definition) is 2. The van der Waals surface area contributed by atoms with Gasteiger partial charge in [0.25, 0.3) is 0 Å². The molecular weight excluding hydrogens is 192 g/mol. The van der Waals surface area contributed by atoms with E-state index >= 15 is 0 Å². The van der Waals surface area contributed by atoms with Crippen LogP contribution in [-0.4, -0.2) is 20.7 Å². The van der Waals surface area contributed by atoms with E-state index in [2.05, 4.69) is 5.10 Å². The lowest BCUT2D eigenvalue weighted by molar-refractivity contribution is 0.0695. The molecule has 0 bridgehead atoms. The van der Waals surface area contributed by atoms with Gasteiger partial charge in [-0.15, -0.1) is 0 Å². The van der Waals surface area contributed by atoms with Crippen LogP contribution in [0.3, 0.4) is 0 Å². The standard InChI is InChI=1S/C11H10N2O2/c14-11(15)8-6-12-13-5-1-2-9(13)10(8)7-3-4-7/h1-2,5-7H,3-4H2,(H,14,15). The van der Waals surface area contributed by atoms with Crippen molar-refractivity contribution in [1.82, 2.24) is 9.61 Å². The van der Waals surface area contributed by atoms with Crippen LogP contribution >= 0.6 is 0 Å². The minimum absolute atomic E-state index is 0.351. The second-order valence-electron chi connectivity index (χ2n) is 3.89. The number of nitrogens with zero attached hydrogens (tertiary/aromatic N) is 2. The summed E-state index contributed by atoms with van der Waals surface area (Å²) in [5.41, 5.74) is 2.23. The van der Waals surface area contributed by atoms with Gasteiger partial charge >= 0.3 is 5.97 Å². The van der Waals surface area contributed by atoms with Crippen LogP contribution < -0.4 is 0 Å². The molecule has 0 aliphatic heterocycles. The molecule has 0 radical (unpaired) electrons. The number of hydrogen-bond donors (Lipinski definition) is 1. The third-order valence-electron chi connectivity index (χ3n) is 2.82. The average Bonchev–Trinajstić information content (AvgIpc) is 2.93. The summed E-state index contributed by atoms with van der Waals surface area (Å²) in [7, 11) is 0. The third kappa shape index (κ3) is 1.21. The fourth-order valence-electron chi connectivity index (χ4n) is 1.99. The topological polar surface area (TPSA) is 54.6 Å². The second kappa shape index (κ2) is 2.82. The van der Waals surface area contributed by atoms with Gasteiger partial charge in [0.1, 0.15) is 0 Å². The first-order valence-electron chi connectivity index (χ1n) is 4.97. The number of aromatic nitrogens is 2. The van der Waals surface area contributed by atoms with Crippen molar-refractivity contribution in [3.05, 3.63) is 35.7 Å². The van der Waals surface area contributed by atoms with Crippen molar-refractivity contribution < 1.29 is 9.90 Å². The molecule has 0 aromatic carbocycles. The average molecular weight is 202 g/mol. The lowest BCUT2D eigenvalue weighted by atomic mass is 10.1. The minimum Gasteiger partial charge on any atom is -0.478 e. The smallest absolute Gasteiger partial charge is 0.337 e. The molecule has 0 amide bonds. The monoisotopic (exact) mass is 202 g/mol. The van der Waals surface area contributed by atoms with Gasteiger partial charge in [-0.05, 0) is 36.5 Å². The number of carbonyl (C=O) groups is 1. The summed E-state index contributed by atoms with van der Waals surface area (Å²) >= 11 is 0. The highest BCUT2D eigenvalue weighted by molar-refractivity contribution is 5.91. The van der Waals surface area contributed by atoms with Crippen molar-refractivity contribution >= 4 is 11.5 Å². The second-order valence-corrected chi connectivity index (χ2v) is 3.89. The summed E-state index contributed by atoms with van der Waals surface area (Å²) < 4.78 is 1.74. The van der Waals surface area contributed by atoms with Gasteiger partial charge in [-0.1, -0.05) is 0 Å². The van der Waals surface area contributed by atoms with Crippen molar-refractivity contribution in [3.8, 4) is 0 Å². The van der Waals surface area contributed by atoms with Crippen LogP contribution in [-0.2, 0) is 0 Å². The number of fused-ring (bicyclic) bond motifs is 1. The summed E-state index contributed by atoms with van der Waals surface area (Å²) in [5.74, 6) is -0.468.